The molecule has 0 saturated heterocycles. The number of benzene rings is 2. The van der Waals surface area contributed by atoms with Crippen molar-refractivity contribution in [1.82, 2.24) is 0 Å². The van der Waals surface area contributed by atoms with Crippen LogP contribution in [0.5, 0.6) is 5.75 Å². The van der Waals surface area contributed by atoms with Gasteiger partial charge in [0.15, 0.2) is 0 Å². The number of rotatable bonds is 7. The number of carboxylic acid groups (broad SMARTS) is 1. The number of methoxy groups -OCH3 is 1. The Morgan fingerprint density at radius 3 is 2.32 bits per heavy atom. The SMILES string of the molecule is COc1cccc(NC(=O)c2cccc(NC(=O)CCC(=O)[O-])c2)c1. The zero-order valence-corrected chi connectivity index (χ0v) is 13.6. The first-order valence-electron chi connectivity index (χ1n) is 7.53. The highest BCUT2D eigenvalue weighted by Gasteiger charge is 2.09. The lowest BCUT2D eigenvalue weighted by molar-refractivity contribution is -0.305. The summed E-state index contributed by atoms with van der Waals surface area (Å²) in [6, 6.07) is 13.3. The Kier molecular flexibility index (Phi) is 6.11. The van der Waals surface area contributed by atoms with Gasteiger partial charge in [0.2, 0.25) is 5.91 Å². The summed E-state index contributed by atoms with van der Waals surface area (Å²) in [6.07, 6.45) is -0.551. The molecule has 0 bridgehead atoms. The summed E-state index contributed by atoms with van der Waals surface area (Å²) < 4.78 is 5.10. The number of hydrogen-bond donors (Lipinski definition) is 2. The summed E-state index contributed by atoms with van der Waals surface area (Å²) in [5.74, 6) is -1.48. The number of anilines is 2. The normalized spacial score (nSPS) is 9.96. The summed E-state index contributed by atoms with van der Waals surface area (Å²) >= 11 is 0. The molecule has 0 unspecified atom stereocenters. The van der Waals surface area contributed by atoms with Crippen LogP contribution < -0.4 is 20.5 Å². The molecule has 0 spiro atoms. The second-order valence-corrected chi connectivity index (χ2v) is 5.19. The molecule has 0 fully saturated rings. The summed E-state index contributed by atoms with van der Waals surface area (Å²) in [7, 11) is 1.54. The van der Waals surface area contributed by atoms with Gasteiger partial charge < -0.3 is 25.3 Å². The van der Waals surface area contributed by atoms with E-state index in [0.29, 0.717) is 22.7 Å². The number of ether oxygens (including phenoxy) is 1. The Hall–Kier alpha value is -3.35. The average molecular weight is 341 g/mol. The minimum absolute atomic E-state index is 0.192. The van der Waals surface area contributed by atoms with Crippen molar-refractivity contribution in [3.63, 3.8) is 0 Å². The van der Waals surface area contributed by atoms with Crippen molar-refractivity contribution in [2.45, 2.75) is 12.8 Å². The van der Waals surface area contributed by atoms with Crippen LogP contribution in [0, 0.1) is 0 Å². The number of carbonyl (C=O) groups excluding carboxylic acids is 3. The molecule has 2 aromatic carbocycles. The number of carbonyl (C=O) groups is 3. The molecule has 0 atom stereocenters. The van der Waals surface area contributed by atoms with E-state index in [1.54, 1.807) is 42.5 Å². The number of amides is 2. The van der Waals surface area contributed by atoms with Crippen LogP contribution in [0.4, 0.5) is 11.4 Å². The van der Waals surface area contributed by atoms with Gasteiger partial charge in [0, 0.05) is 35.4 Å². The molecule has 0 heterocycles. The monoisotopic (exact) mass is 341 g/mol. The van der Waals surface area contributed by atoms with Gasteiger partial charge in [-0.3, -0.25) is 9.59 Å². The molecule has 0 aliphatic carbocycles. The van der Waals surface area contributed by atoms with Crippen molar-refractivity contribution in [3.05, 3.63) is 54.1 Å². The standard InChI is InChI=1S/C18H18N2O5/c1-25-15-7-3-6-14(11-15)20-18(24)12-4-2-5-13(10-12)19-16(21)8-9-17(22)23/h2-7,10-11H,8-9H2,1H3,(H,19,21)(H,20,24)(H,22,23)/p-1. The van der Waals surface area contributed by atoms with E-state index in [9.17, 15) is 19.5 Å². The fraction of sp³-hybridized carbons (Fsp3) is 0.167. The third-order valence-electron chi connectivity index (χ3n) is 3.29. The maximum Gasteiger partial charge on any atom is 0.255 e. The number of carboxylic acids is 1. The van der Waals surface area contributed by atoms with Gasteiger partial charge in [0.05, 0.1) is 7.11 Å². The van der Waals surface area contributed by atoms with Crippen LogP contribution in [0.1, 0.15) is 23.2 Å². The molecule has 2 rings (SSSR count). The lowest BCUT2D eigenvalue weighted by atomic mass is 10.1. The zero-order valence-electron chi connectivity index (χ0n) is 13.6. The maximum absolute atomic E-state index is 12.3. The molecular weight excluding hydrogens is 324 g/mol. The Morgan fingerprint density at radius 2 is 1.64 bits per heavy atom. The molecule has 2 aromatic rings. The Morgan fingerprint density at radius 1 is 0.960 bits per heavy atom. The topological polar surface area (TPSA) is 108 Å². The third kappa shape index (κ3) is 5.65. The van der Waals surface area contributed by atoms with Gasteiger partial charge in [0.1, 0.15) is 5.75 Å². The number of hydrogen-bond acceptors (Lipinski definition) is 5. The molecule has 0 aliphatic rings. The Bertz CT molecular complexity index is 789. The van der Waals surface area contributed by atoms with Crippen LogP contribution in [0.3, 0.4) is 0 Å². The largest absolute Gasteiger partial charge is 0.550 e. The lowest BCUT2D eigenvalue weighted by Gasteiger charge is -2.09. The van der Waals surface area contributed by atoms with Crippen LogP contribution in [0.25, 0.3) is 0 Å². The van der Waals surface area contributed by atoms with Crippen molar-refractivity contribution in [2.24, 2.45) is 0 Å². The highest BCUT2D eigenvalue weighted by Crippen LogP contribution is 2.18. The van der Waals surface area contributed by atoms with Gasteiger partial charge in [-0.05, 0) is 36.8 Å². The first-order chi connectivity index (χ1) is 12.0. The molecule has 130 valence electrons. The smallest absolute Gasteiger partial charge is 0.255 e. The highest BCUT2D eigenvalue weighted by atomic mass is 16.5. The summed E-state index contributed by atoms with van der Waals surface area (Å²) in [6.45, 7) is 0. The van der Waals surface area contributed by atoms with Crippen molar-refractivity contribution < 1.29 is 24.2 Å². The van der Waals surface area contributed by atoms with Crippen molar-refractivity contribution in [3.8, 4) is 5.75 Å². The Balaban J connectivity index is 2.03. The van der Waals surface area contributed by atoms with E-state index in [2.05, 4.69) is 10.6 Å². The minimum atomic E-state index is -1.29. The summed E-state index contributed by atoms with van der Waals surface area (Å²) in [5.41, 5.74) is 1.33. The third-order valence-corrected chi connectivity index (χ3v) is 3.29. The van der Waals surface area contributed by atoms with Crippen molar-refractivity contribution >= 4 is 29.2 Å². The van der Waals surface area contributed by atoms with Gasteiger partial charge in [0.25, 0.3) is 5.91 Å². The number of aliphatic carboxylic acids is 1. The van der Waals surface area contributed by atoms with Crippen LogP contribution >= 0.6 is 0 Å². The highest BCUT2D eigenvalue weighted by molar-refractivity contribution is 6.05. The molecular formula is C18H17N2O5-. The van der Waals surface area contributed by atoms with Gasteiger partial charge in [-0.2, -0.15) is 0 Å². The maximum atomic E-state index is 12.3. The molecule has 2 N–H and O–H groups in total. The van der Waals surface area contributed by atoms with Crippen LogP contribution in [-0.2, 0) is 9.59 Å². The molecule has 2 amide bonds. The summed E-state index contributed by atoms with van der Waals surface area (Å²) in [4.78, 5) is 34.3. The quantitative estimate of drug-likeness (QED) is 0.792. The molecule has 0 aliphatic heterocycles. The first kappa shape index (κ1) is 18.0. The van der Waals surface area contributed by atoms with E-state index in [1.807, 2.05) is 0 Å². The van der Waals surface area contributed by atoms with Crippen LogP contribution in [0.2, 0.25) is 0 Å². The van der Waals surface area contributed by atoms with Crippen molar-refractivity contribution in [1.29, 1.82) is 0 Å². The van der Waals surface area contributed by atoms with E-state index >= 15 is 0 Å². The minimum Gasteiger partial charge on any atom is -0.550 e. The van der Waals surface area contributed by atoms with E-state index in [0.717, 1.165) is 0 Å². The first-order valence-corrected chi connectivity index (χ1v) is 7.53. The molecule has 0 radical (unpaired) electrons. The lowest BCUT2D eigenvalue weighted by Crippen LogP contribution is -2.24. The second kappa shape index (κ2) is 8.49. The second-order valence-electron chi connectivity index (χ2n) is 5.19. The zero-order chi connectivity index (χ0) is 18.2. The van der Waals surface area contributed by atoms with Gasteiger partial charge in [-0.15, -0.1) is 0 Å². The predicted octanol–water partition coefficient (Wildman–Crippen LogP) is 1.42. The summed E-state index contributed by atoms with van der Waals surface area (Å²) in [5, 5.41) is 15.6. The molecule has 0 saturated carbocycles. The predicted molar refractivity (Wildman–Crippen MR) is 90.3 cm³/mol. The Labute approximate surface area is 144 Å². The molecule has 7 nitrogen and oxygen atoms in total. The average Bonchev–Trinajstić information content (AvgIpc) is 2.60. The molecule has 0 aromatic heterocycles. The van der Waals surface area contributed by atoms with E-state index in [-0.39, 0.29) is 18.7 Å². The fourth-order valence-electron chi connectivity index (χ4n) is 2.08. The molecule has 25 heavy (non-hydrogen) atoms. The van der Waals surface area contributed by atoms with Gasteiger partial charge >= 0.3 is 0 Å². The number of nitrogens with one attached hydrogen (secondary N) is 2. The molecule has 7 heteroatoms. The van der Waals surface area contributed by atoms with Crippen molar-refractivity contribution in [2.75, 3.05) is 17.7 Å². The fourth-order valence-corrected chi connectivity index (χ4v) is 2.08. The van der Waals surface area contributed by atoms with Gasteiger partial charge in [-0.25, -0.2) is 0 Å². The van der Waals surface area contributed by atoms with Gasteiger partial charge in [-0.1, -0.05) is 12.1 Å². The van der Waals surface area contributed by atoms with E-state index in [1.165, 1.54) is 13.2 Å². The van der Waals surface area contributed by atoms with Crippen LogP contribution in [-0.4, -0.2) is 24.9 Å². The van der Waals surface area contributed by atoms with Crippen LogP contribution in [0.15, 0.2) is 48.5 Å². The van der Waals surface area contributed by atoms with E-state index in [4.69, 9.17) is 4.74 Å². The van der Waals surface area contributed by atoms with E-state index < -0.39 is 11.9 Å².